The highest BCUT2D eigenvalue weighted by Gasteiger charge is 2.15. The van der Waals surface area contributed by atoms with Gasteiger partial charge < -0.3 is 4.74 Å². The summed E-state index contributed by atoms with van der Waals surface area (Å²) in [5.41, 5.74) is 2.54. The fourth-order valence-electron chi connectivity index (χ4n) is 1.15. The van der Waals surface area contributed by atoms with Crippen molar-refractivity contribution in [1.82, 2.24) is 15.2 Å². The van der Waals surface area contributed by atoms with E-state index in [1.807, 2.05) is 6.92 Å². The smallest absolute Gasteiger partial charge is 0.428 e. The number of aromatic nitrogens is 2. The summed E-state index contributed by atoms with van der Waals surface area (Å²) in [6.07, 6.45) is 2.58. The molecule has 0 unspecified atom stereocenters. The number of carbonyl (C=O) groups is 1. The van der Waals surface area contributed by atoms with Crippen molar-refractivity contribution in [2.45, 2.75) is 39.8 Å². The zero-order chi connectivity index (χ0) is 13.8. The quantitative estimate of drug-likeness (QED) is 0.688. The fraction of sp³-hybridized carbons (Fsp3) is 0.545. The Bertz CT molecular complexity index is 448. The van der Waals surface area contributed by atoms with E-state index >= 15 is 0 Å². The first-order chi connectivity index (χ1) is 8.33. The molecule has 0 fully saturated rings. The molecule has 0 aliphatic carbocycles. The molecular weight excluding hydrogens is 300 g/mol. The average Bonchev–Trinajstić information content (AvgIpc) is 2.57. The lowest BCUT2D eigenvalue weighted by atomic mass is 10.2. The van der Waals surface area contributed by atoms with E-state index in [-0.39, 0.29) is 0 Å². The highest BCUT2D eigenvalue weighted by atomic mass is 79.9. The van der Waals surface area contributed by atoms with E-state index in [0.29, 0.717) is 0 Å². The Morgan fingerprint density at radius 3 is 2.83 bits per heavy atom. The van der Waals surface area contributed by atoms with Gasteiger partial charge in [-0.05, 0) is 43.6 Å². The van der Waals surface area contributed by atoms with Gasteiger partial charge in [0, 0.05) is 12.1 Å². The molecule has 1 N–H and O–H groups in total. The van der Waals surface area contributed by atoms with Gasteiger partial charge in [0.25, 0.3) is 0 Å². The van der Waals surface area contributed by atoms with Gasteiger partial charge in [-0.25, -0.2) is 10.2 Å². The monoisotopic (exact) mass is 316 g/mol. The number of nitrogens with zero attached hydrogens (tertiary/aromatic N) is 3. The first-order valence-electron chi connectivity index (χ1n) is 5.57. The molecule has 0 saturated carbocycles. The third kappa shape index (κ3) is 4.48. The van der Waals surface area contributed by atoms with E-state index in [4.69, 9.17) is 4.74 Å². The number of hydrazone groups is 1. The van der Waals surface area contributed by atoms with Gasteiger partial charge in [-0.3, -0.25) is 4.68 Å². The second-order valence-electron chi connectivity index (χ2n) is 4.58. The maximum absolute atomic E-state index is 11.3. The summed E-state index contributed by atoms with van der Waals surface area (Å²) in [7, 11) is 0. The van der Waals surface area contributed by atoms with Gasteiger partial charge in [-0.15, -0.1) is 0 Å². The number of nitrogens with one attached hydrogen (secondary N) is 1. The lowest BCUT2D eigenvalue weighted by Gasteiger charge is -2.18. The van der Waals surface area contributed by atoms with Gasteiger partial charge >= 0.3 is 6.09 Å². The lowest BCUT2D eigenvalue weighted by Crippen LogP contribution is -2.29. The van der Waals surface area contributed by atoms with E-state index in [1.165, 1.54) is 6.21 Å². The van der Waals surface area contributed by atoms with Gasteiger partial charge in [0.1, 0.15) is 10.2 Å². The van der Waals surface area contributed by atoms with Crippen LogP contribution in [0.15, 0.2) is 15.9 Å². The summed E-state index contributed by atoms with van der Waals surface area (Å²) < 4.78 is 7.63. The first kappa shape index (κ1) is 14.7. The molecule has 0 bridgehead atoms. The summed E-state index contributed by atoms with van der Waals surface area (Å²) in [4.78, 5) is 11.3. The molecule has 1 amide bonds. The molecule has 1 aromatic rings. The van der Waals surface area contributed by atoms with Crippen LogP contribution in [0.25, 0.3) is 0 Å². The summed E-state index contributed by atoms with van der Waals surface area (Å²) in [5, 5.41) is 7.93. The summed E-state index contributed by atoms with van der Waals surface area (Å²) in [6, 6.07) is 0. The number of carbonyl (C=O) groups excluding carboxylic acids is 1. The van der Waals surface area contributed by atoms with Gasteiger partial charge in [0.15, 0.2) is 0 Å². The van der Waals surface area contributed by atoms with E-state index in [9.17, 15) is 4.79 Å². The molecule has 1 aromatic heterocycles. The SMILES string of the molecule is CCn1ncc(/C=N/NC(=O)OC(C)(C)C)c1Br. The molecule has 0 aliphatic rings. The standard InChI is InChI=1S/C11H17BrN4O2/c1-5-16-9(12)8(7-14-16)6-13-15-10(17)18-11(2,3)4/h6-7H,5H2,1-4H3,(H,15,17)/b13-6+. The highest BCUT2D eigenvalue weighted by Crippen LogP contribution is 2.13. The summed E-state index contributed by atoms with van der Waals surface area (Å²) in [6.45, 7) is 8.11. The van der Waals surface area contributed by atoms with Crippen molar-refractivity contribution in [3.63, 3.8) is 0 Å². The number of rotatable bonds is 3. The lowest BCUT2D eigenvalue weighted by molar-refractivity contribution is 0.0529. The summed E-state index contributed by atoms with van der Waals surface area (Å²) >= 11 is 3.39. The normalized spacial score (nSPS) is 11.8. The zero-order valence-electron chi connectivity index (χ0n) is 10.9. The molecule has 0 spiro atoms. The van der Waals surface area contributed by atoms with E-state index in [0.717, 1.165) is 16.7 Å². The number of halogens is 1. The molecule has 100 valence electrons. The Morgan fingerprint density at radius 2 is 2.33 bits per heavy atom. The molecule has 0 radical (unpaired) electrons. The van der Waals surface area contributed by atoms with Crippen LogP contribution in [0.3, 0.4) is 0 Å². The van der Waals surface area contributed by atoms with Crippen LogP contribution >= 0.6 is 15.9 Å². The van der Waals surface area contributed by atoms with Gasteiger partial charge in [0.2, 0.25) is 0 Å². The second-order valence-corrected chi connectivity index (χ2v) is 5.33. The predicted molar refractivity (Wildman–Crippen MR) is 72.6 cm³/mol. The molecule has 0 aromatic carbocycles. The maximum atomic E-state index is 11.3. The number of amides is 1. The molecule has 0 atom stereocenters. The number of hydrogen-bond donors (Lipinski definition) is 1. The van der Waals surface area contributed by atoms with Crippen LogP contribution in [0, 0.1) is 0 Å². The number of ether oxygens (including phenoxy) is 1. The van der Waals surface area contributed by atoms with Crippen molar-refractivity contribution in [3.05, 3.63) is 16.4 Å². The minimum Gasteiger partial charge on any atom is -0.443 e. The van der Waals surface area contributed by atoms with Crippen molar-refractivity contribution in [3.8, 4) is 0 Å². The van der Waals surface area contributed by atoms with Gasteiger partial charge in [-0.2, -0.15) is 10.2 Å². The Balaban J connectivity index is 2.55. The fourth-order valence-corrected chi connectivity index (χ4v) is 1.69. The van der Waals surface area contributed by atoms with Crippen LogP contribution in [0.4, 0.5) is 4.79 Å². The molecule has 0 saturated heterocycles. The van der Waals surface area contributed by atoms with Crippen LogP contribution in [0.5, 0.6) is 0 Å². The second kappa shape index (κ2) is 5.99. The van der Waals surface area contributed by atoms with Gasteiger partial charge in [-0.1, -0.05) is 0 Å². The molecule has 18 heavy (non-hydrogen) atoms. The Kier molecular flexibility index (Phi) is 4.89. The highest BCUT2D eigenvalue weighted by molar-refractivity contribution is 9.10. The number of aryl methyl sites for hydroxylation is 1. The van der Waals surface area contributed by atoms with Crippen molar-refractivity contribution in [1.29, 1.82) is 0 Å². The minimum atomic E-state index is -0.585. The van der Waals surface area contributed by atoms with E-state index in [1.54, 1.807) is 31.6 Å². The molecule has 6 nitrogen and oxygen atoms in total. The van der Waals surface area contributed by atoms with Gasteiger partial charge in [0.05, 0.1) is 12.4 Å². The zero-order valence-corrected chi connectivity index (χ0v) is 12.5. The van der Waals surface area contributed by atoms with Crippen LogP contribution in [0.2, 0.25) is 0 Å². The van der Waals surface area contributed by atoms with Crippen molar-refractivity contribution < 1.29 is 9.53 Å². The van der Waals surface area contributed by atoms with Crippen LogP contribution in [-0.4, -0.2) is 27.7 Å². The van der Waals surface area contributed by atoms with Crippen LogP contribution < -0.4 is 5.43 Å². The van der Waals surface area contributed by atoms with Crippen molar-refractivity contribution in [2.75, 3.05) is 0 Å². The Hall–Kier alpha value is -1.37. The Labute approximate surface area is 115 Å². The van der Waals surface area contributed by atoms with E-state index < -0.39 is 11.7 Å². The minimum absolute atomic E-state index is 0.534. The van der Waals surface area contributed by atoms with Crippen molar-refractivity contribution >= 4 is 28.2 Å². The number of hydrogen-bond acceptors (Lipinski definition) is 4. The predicted octanol–water partition coefficient (Wildman–Crippen LogP) is 2.52. The molecule has 1 heterocycles. The average molecular weight is 317 g/mol. The molecule has 7 heteroatoms. The van der Waals surface area contributed by atoms with E-state index in [2.05, 4.69) is 31.6 Å². The molecular formula is C11H17BrN4O2. The third-order valence-corrected chi connectivity index (χ3v) is 2.73. The first-order valence-corrected chi connectivity index (χ1v) is 6.36. The summed E-state index contributed by atoms with van der Waals surface area (Å²) in [5.74, 6) is 0. The van der Waals surface area contributed by atoms with Crippen LogP contribution in [-0.2, 0) is 11.3 Å². The maximum Gasteiger partial charge on any atom is 0.428 e. The topological polar surface area (TPSA) is 68.5 Å². The van der Waals surface area contributed by atoms with Crippen molar-refractivity contribution in [2.24, 2.45) is 5.10 Å². The largest absolute Gasteiger partial charge is 0.443 e. The molecule has 0 aliphatic heterocycles. The van der Waals surface area contributed by atoms with Crippen LogP contribution in [0.1, 0.15) is 33.3 Å². The third-order valence-electron chi connectivity index (χ3n) is 1.86. The molecule has 1 rings (SSSR count). The Morgan fingerprint density at radius 1 is 1.67 bits per heavy atom.